The number of imide groups is 1. The van der Waals surface area contributed by atoms with Gasteiger partial charge in [-0.1, -0.05) is 0 Å². The van der Waals surface area contributed by atoms with Gasteiger partial charge in [0.05, 0.1) is 11.5 Å². The number of nitrogens with one attached hydrogen (secondary N) is 1. The third kappa shape index (κ3) is 2.52. The van der Waals surface area contributed by atoms with Crippen LogP contribution in [-0.4, -0.2) is 47.4 Å². The molecule has 1 N–H and O–H groups in total. The summed E-state index contributed by atoms with van der Waals surface area (Å²) in [5, 5.41) is 3.29. The molecule has 2 rings (SSSR count). The van der Waals surface area contributed by atoms with Gasteiger partial charge in [0.2, 0.25) is 11.8 Å². The van der Waals surface area contributed by atoms with Gasteiger partial charge < -0.3 is 5.32 Å². The van der Waals surface area contributed by atoms with Gasteiger partial charge in [0.1, 0.15) is 0 Å². The summed E-state index contributed by atoms with van der Waals surface area (Å²) in [6.07, 6.45) is 2.91. The molecule has 84 valence electrons. The molecule has 5 heteroatoms. The van der Waals surface area contributed by atoms with E-state index in [1.165, 1.54) is 16.7 Å². The molecule has 0 saturated carbocycles. The fourth-order valence-electron chi connectivity index (χ4n) is 2.17. The first-order valence-corrected chi connectivity index (χ1v) is 6.58. The van der Waals surface area contributed by atoms with Crippen LogP contribution in [0.15, 0.2) is 0 Å². The minimum Gasteiger partial charge on any atom is -0.317 e. The molecule has 15 heavy (non-hydrogen) atoms. The van der Waals surface area contributed by atoms with Gasteiger partial charge in [-0.2, -0.15) is 0 Å². The molecule has 2 aliphatic rings. The van der Waals surface area contributed by atoms with Gasteiger partial charge >= 0.3 is 0 Å². The lowest BCUT2D eigenvalue weighted by atomic mass is 10.1. The standard InChI is InChI=1S/C10H16N2O2S/c13-9-6-15-7-10(14)12(9)8-2-1-4-11-5-3-8/h8,11H,1-7H2. The second-order valence-corrected chi connectivity index (χ2v) is 4.97. The molecule has 4 nitrogen and oxygen atoms in total. The van der Waals surface area contributed by atoms with Crippen LogP contribution < -0.4 is 5.32 Å². The van der Waals surface area contributed by atoms with Crippen LogP contribution >= 0.6 is 11.8 Å². The first-order valence-electron chi connectivity index (χ1n) is 5.42. The molecule has 2 fully saturated rings. The Labute approximate surface area is 93.8 Å². The number of amides is 2. The smallest absolute Gasteiger partial charge is 0.239 e. The van der Waals surface area contributed by atoms with Gasteiger partial charge in [0.25, 0.3) is 0 Å². The number of rotatable bonds is 1. The Morgan fingerprint density at radius 1 is 1.13 bits per heavy atom. The van der Waals surface area contributed by atoms with Crippen LogP contribution in [0.1, 0.15) is 19.3 Å². The van der Waals surface area contributed by atoms with Crippen LogP contribution in [0.2, 0.25) is 0 Å². The van der Waals surface area contributed by atoms with Crippen molar-refractivity contribution in [2.24, 2.45) is 0 Å². The molecule has 2 heterocycles. The second-order valence-electron chi connectivity index (χ2n) is 3.99. The maximum absolute atomic E-state index is 11.7. The zero-order valence-electron chi connectivity index (χ0n) is 8.70. The van der Waals surface area contributed by atoms with Crippen LogP contribution in [0, 0.1) is 0 Å². The highest BCUT2D eigenvalue weighted by Crippen LogP contribution is 2.20. The van der Waals surface area contributed by atoms with Gasteiger partial charge in [0, 0.05) is 6.04 Å². The Kier molecular flexibility index (Phi) is 3.64. The Morgan fingerprint density at radius 3 is 2.60 bits per heavy atom. The summed E-state index contributed by atoms with van der Waals surface area (Å²) in [5.41, 5.74) is 0. The van der Waals surface area contributed by atoms with E-state index in [4.69, 9.17) is 0 Å². The topological polar surface area (TPSA) is 49.4 Å². The third-order valence-electron chi connectivity index (χ3n) is 2.90. The largest absolute Gasteiger partial charge is 0.317 e. The Balaban J connectivity index is 2.05. The minimum atomic E-state index is 0.00292. The average Bonchev–Trinajstić information content (AvgIpc) is 2.46. The first kappa shape index (κ1) is 11.0. The van der Waals surface area contributed by atoms with E-state index in [1.807, 2.05) is 0 Å². The number of hydrogen-bond acceptors (Lipinski definition) is 4. The molecule has 0 bridgehead atoms. The maximum Gasteiger partial charge on any atom is 0.239 e. The number of thioether (sulfide) groups is 1. The van der Waals surface area contributed by atoms with Crippen LogP contribution in [0.3, 0.4) is 0 Å². The van der Waals surface area contributed by atoms with E-state index in [-0.39, 0.29) is 17.9 Å². The van der Waals surface area contributed by atoms with E-state index in [0.29, 0.717) is 11.5 Å². The Bertz CT molecular complexity index is 246. The fourth-order valence-corrected chi connectivity index (χ4v) is 2.90. The Morgan fingerprint density at radius 2 is 1.87 bits per heavy atom. The fraction of sp³-hybridized carbons (Fsp3) is 0.800. The summed E-state index contributed by atoms with van der Waals surface area (Å²) in [4.78, 5) is 24.9. The van der Waals surface area contributed by atoms with Gasteiger partial charge in [-0.05, 0) is 32.4 Å². The van der Waals surface area contributed by atoms with Crippen molar-refractivity contribution in [3.63, 3.8) is 0 Å². The van der Waals surface area contributed by atoms with Gasteiger partial charge in [-0.15, -0.1) is 11.8 Å². The minimum absolute atomic E-state index is 0.00292. The molecule has 0 aliphatic carbocycles. The summed E-state index contributed by atoms with van der Waals surface area (Å²) in [5.74, 6) is 0.942. The van der Waals surface area contributed by atoms with Gasteiger partial charge in [-0.25, -0.2) is 0 Å². The number of nitrogens with zero attached hydrogens (tertiary/aromatic N) is 1. The molecule has 0 radical (unpaired) electrons. The maximum atomic E-state index is 11.7. The van der Waals surface area contributed by atoms with Crippen molar-refractivity contribution in [2.45, 2.75) is 25.3 Å². The van der Waals surface area contributed by atoms with E-state index in [0.717, 1.165) is 32.4 Å². The molecule has 2 amide bonds. The summed E-state index contributed by atoms with van der Waals surface area (Å²) in [6.45, 7) is 1.91. The van der Waals surface area contributed by atoms with Crippen molar-refractivity contribution in [1.82, 2.24) is 10.2 Å². The molecule has 1 atom stereocenters. The lowest BCUT2D eigenvalue weighted by molar-refractivity contribution is -0.145. The van der Waals surface area contributed by atoms with Crippen LogP contribution in [0.5, 0.6) is 0 Å². The first-order chi connectivity index (χ1) is 7.29. The van der Waals surface area contributed by atoms with E-state index in [1.54, 1.807) is 0 Å². The lowest BCUT2D eigenvalue weighted by Crippen LogP contribution is -2.49. The molecule has 0 aromatic heterocycles. The molecular formula is C10H16N2O2S. The number of hydrogen-bond donors (Lipinski definition) is 1. The van der Waals surface area contributed by atoms with E-state index in [9.17, 15) is 9.59 Å². The highest BCUT2D eigenvalue weighted by Gasteiger charge is 2.32. The quantitative estimate of drug-likeness (QED) is 0.653. The van der Waals surface area contributed by atoms with Crippen molar-refractivity contribution in [3.8, 4) is 0 Å². The summed E-state index contributed by atoms with van der Waals surface area (Å²) < 4.78 is 0. The Hall–Kier alpha value is -0.550. The summed E-state index contributed by atoms with van der Waals surface area (Å²) in [7, 11) is 0. The summed E-state index contributed by atoms with van der Waals surface area (Å²) in [6, 6.07) is 0.140. The molecule has 0 aromatic carbocycles. The van der Waals surface area contributed by atoms with Crippen molar-refractivity contribution in [1.29, 1.82) is 0 Å². The van der Waals surface area contributed by atoms with Crippen molar-refractivity contribution < 1.29 is 9.59 Å². The number of carbonyl (C=O) groups is 2. The molecule has 1 unspecified atom stereocenters. The zero-order valence-corrected chi connectivity index (χ0v) is 9.52. The molecule has 0 spiro atoms. The van der Waals surface area contributed by atoms with Crippen LogP contribution in [-0.2, 0) is 9.59 Å². The van der Waals surface area contributed by atoms with E-state index < -0.39 is 0 Å². The lowest BCUT2D eigenvalue weighted by Gasteiger charge is -2.31. The predicted molar refractivity (Wildman–Crippen MR) is 59.7 cm³/mol. The molecule has 2 aliphatic heterocycles. The third-order valence-corrected chi connectivity index (χ3v) is 3.80. The number of carbonyl (C=O) groups excluding carboxylic acids is 2. The van der Waals surface area contributed by atoms with Crippen LogP contribution in [0.25, 0.3) is 0 Å². The van der Waals surface area contributed by atoms with Crippen molar-refractivity contribution >= 4 is 23.6 Å². The molecule has 0 aromatic rings. The van der Waals surface area contributed by atoms with E-state index >= 15 is 0 Å². The monoisotopic (exact) mass is 228 g/mol. The zero-order chi connectivity index (χ0) is 10.7. The molecular weight excluding hydrogens is 212 g/mol. The van der Waals surface area contributed by atoms with Crippen LogP contribution in [0.4, 0.5) is 0 Å². The van der Waals surface area contributed by atoms with Gasteiger partial charge in [0.15, 0.2) is 0 Å². The normalized spacial score (nSPS) is 29.1. The van der Waals surface area contributed by atoms with E-state index in [2.05, 4.69) is 5.32 Å². The molecule has 2 saturated heterocycles. The van der Waals surface area contributed by atoms with Crippen molar-refractivity contribution in [2.75, 3.05) is 24.6 Å². The SMILES string of the molecule is O=C1CSCC(=O)N1C1CCCNCC1. The predicted octanol–water partition coefficient (Wildman–Crippen LogP) is 0.230. The average molecular weight is 228 g/mol. The van der Waals surface area contributed by atoms with Crippen molar-refractivity contribution in [3.05, 3.63) is 0 Å². The second kappa shape index (κ2) is 4.99. The summed E-state index contributed by atoms with van der Waals surface area (Å²) >= 11 is 1.43. The highest BCUT2D eigenvalue weighted by atomic mass is 32.2. The van der Waals surface area contributed by atoms with Gasteiger partial charge in [-0.3, -0.25) is 14.5 Å². The highest BCUT2D eigenvalue weighted by molar-refractivity contribution is 8.00.